The van der Waals surface area contributed by atoms with Gasteiger partial charge in [0, 0.05) is 36.3 Å². The zero-order chi connectivity index (χ0) is 28.0. The van der Waals surface area contributed by atoms with Gasteiger partial charge in [0.2, 0.25) is 5.91 Å². The number of nitrogens with one attached hydrogen (secondary N) is 2. The van der Waals surface area contributed by atoms with Crippen molar-refractivity contribution in [1.82, 2.24) is 14.9 Å². The van der Waals surface area contributed by atoms with Gasteiger partial charge in [-0.2, -0.15) is 0 Å². The molecule has 1 spiro atoms. The van der Waals surface area contributed by atoms with E-state index < -0.39 is 23.7 Å². The van der Waals surface area contributed by atoms with Crippen molar-refractivity contribution in [2.24, 2.45) is 0 Å². The van der Waals surface area contributed by atoms with Gasteiger partial charge in [0.15, 0.2) is 5.60 Å². The molecule has 1 saturated heterocycles. The van der Waals surface area contributed by atoms with E-state index >= 15 is 0 Å². The third-order valence-corrected chi connectivity index (χ3v) is 7.85. The molecule has 6 rings (SSSR count). The molecule has 3 amide bonds. The van der Waals surface area contributed by atoms with Crippen molar-refractivity contribution in [3.05, 3.63) is 88.7 Å². The number of carboxylic acid groups (broad SMARTS) is 1. The molecule has 0 bridgehead atoms. The van der Waals surface area contributed by atoms with Gasteiger partial charge in [-0.1, -0.05) is 41.9 Å². The number of anilines is 2. The molecule has 11 heteroatoms. The minimum Gasteiger partial charge on any atom is -0.465 e. The number of halogens is 1. The van der Waals surface area contributed by atoms with E-state index in [1.807, 2.05) is 30.3 Å². The molecule has 40 heavy (non-hydrogen) atoms. The van der Waals surface area contributed by atoms with Crippen LogP contribution in [0.4, 0.5) is 21.0 Å². The molecule has 2 aliphatic rings. The molecule has 0 aliphatic carbocycles. The van der Waals surface area contributed by atoms with E-state index in [0.29, 0.717) is 52.6 Å². The van der Waals surface area contributed by atoms with Gasteiger partial charge in [0.1, 0.15) is 11.7 Å². The maximum absolute atomic E-state index is 14.2. The maximum Gasteiger partial charge on any atom is 0.412 e. The molecule has 2 aliphatic heterocycles. The minimum atomic E-state index is -1.09. The Morgan fingerprint density at radius 3 is 2.75 bits per heavy atom. The van der Waals surface area contributed by atoms with Gasteiger partial charge < -0.3 is 19.7 Å². The Morgan fingerprint density at radius 2 is 1.98 bits per heavy atom. The van der Waals surface area contributed by atoms with Gasteiger partial charge >= 0.3 is 12.2 Å². The number of likely N-dealkylation sites (tertiary alicyclic amines) is 1. The van der Waals surface area contributed by atoms with Crippen LogP contribution in [0.15, 0.2) is 66.7 Å². The normalized spacial score (nSPS) is 18.8. The van der Waals surface area contributed by atoms with Gasteiger partial charge in [-0.25, -0.2) is 14.6 Å². The fourth-order valence-electron chi connectivity index (χ4n) is 5.51. The van der Waals surface area contributed by atoms with Crippen molar-refractivity contribution < 1.29 is 24.2 Å². The molecule has 0 saturated carbocycles. The molecule has 0 radical (unpaired) electrons. The summed E-state index contributed by atoms with van der Waals surface area (Å²) in [5, 5.41) is 12.6. The molecule has 204 valence electrons. The summed E-state index contributed by atoms with van der Waals surface area (Å²) in [5.41, 5.74) is 3.04. The zero-order valence-electron chi connectivity index (χ0n) is 21.6. The van der Waals surface area contributed by atoms with Crippen molar-refractivity contribution in [2.75, 3.05) is 30.4 Å². The monoisotopic (exact) mass is 559 g/mol. The smallest absolute Gasteiger partial charge is 0.412 e. The summed E-state index contributed by atoms with van der Waals surface area (Å²) in [6.07, 6.45) is -0.821. The summed E-state index contributed by atoms with van der Waals surface area (Å²) in [5.74, 6) is -0.326. The number of hydrogen-bond acceptors (Lipinski definition) is 5. The lowest BCUT2D eigenvalue weighted by Gasteiger charge is -2.35. The number of aromatic amines is 1. The predicted molar refractivity (Wildman–Crippen MR) is 150 cm³/mol. The Balaban J connectivity index is 1.34. The number of hydrogen-bond donors (Lipinski definition) is 3. The summed E-state index contributed by atoms with van der Waals surface area (Å²) < 4.78 is 5.82. The van der Waals surface area contributed by atoms with Gasteiger partial charge in [0.25, 0.3) is 0 Å². The van der Waals surface area contributed by atoms with Crippen LogP contribution in [0.25, 0.3) is 11.0 Å². The predicted octanol–water partition coefficient (Wildman–Crippen LogP) is 5.35. The topological polar surface area (TPSA) is 128 Å². The van der Waals surface area contributed by atoms with E-state index in [2.05, 4.69) is 10.3 Å². The van der Waals surface area contributed by atoms with E-state index in [0.717, 1.165) is 16.0 Å². The molecule has 3 heterocycles. The molecule has 1 fully saturated rings. The van der Waals surface area contributed by atoms with Gasteiger partial charge in [-0.05, 0) is 48.4 Å². The quantitative estimate of drug-likeness (QED) is 0.302. The van der Waals surface area contributed by atoms with E-state index in [4.69, 9.17) is 21.3 Å². The molecule has 3 N–H and O–H groups in total. The molecule has 4 aromatic rings. The Kier molecular flexibility index (Phi) is 6.34. The number of carbonyl (C=O) groups excluding carboxylic acids is 2. The van der Waals surface area contributed by atoms with Crippen LogP contribution in [0, 0.1) is 0 Å². The summed E-state index contributed by atoms with van der Waals surface area (Å²) in [4.78, 5) is 48.9. The average molecular weight is 560 g/mol. The first kappa shape index (κ1) is 25.7. The second-order valence-electron chi connectivity index (χ2n) is 10.1. The first-order chi connectivity index (χ1) is 19.2. The van der Waals surface area contributed by atoms with Crippen LogP contribution in [-0.2, 0) is 21.6 Å². The van der Waals surface area contributed by atoms with Crippen LogP contribution in [-0.4, -0.2) is 58.2 Å². The number of carbonyl (C=O) groups is 3. The Morgan fingerprint density at radius 1 is 1.18 bits per heavy atom. The largest absolute Gasteiger partial charge is 0.465 e. The number of aromatic nitrogens is 2. The number of amides is 3. The van der Waals surface area contributed by atoms with E-state index in [1.54, 1.807) is 41.3 Å². The number of H-pyrrole nitrogens is 1. The molecular weight excluding hydrogens is 534 g/mol. The second kappa shape index (κ2) is 9.87. The fourth-order valence-corrected chi connectivity index (χ4v) is 5.68. The Hall–Kier alpha value is -4.57. The summed E-state index contributed by atoms with van der Waals surface area (Å²) in [6, 6.07) is 20.0. The summed E-state index contributed by atoms with van der Waals surface area (Å²) in [7, 11) is 1.46. The van der Waals surface area contributed by atoms with Crippen LogP contribution in [0.1, 0.15) is 29.3 Å². The van der Waals surface area contributed by atoms with Gasteiger partial charge in [-0.3, -0.25) is 15.0 Å². The third kappa shape index (κ3) is 4.60. The summed E-state index contributed by atoms with van der Waals surface area (Å²) >= 11 is 6.28. The Labute approximate surface area is 234 Å². The van der Waals surface area contributed by atoms with E-state index in [1.165, 1.54) is 7.05 Å². The molecule has 0 unspecified atom stereocenters. The lowest BCUT2D eigenvalue weighted by atomic mass is 9.90. The van der Waals surface area contributed by atoms with Crippen molar-refractivity contribution in [2.45, 2.75) is 24.4 Å². The van der Waals surface area contributed by atoms with Gasteiger partial charge in [-0.15, -0.1) is 0 Å². The number of nitrogens with zero attached hydrogens (tertiary/aromatic N) is 3. The van der Waals surface area contributed by atoms with Crippen molar-refractivity contribution >= 4 is 52.1 Å². The number of imidazole rings is 1. The van der Waals surface area contributed by atoms with E-state index in [-0.39, 0.29) is 12.5 Å². The van der Waals surface area contributed by atoms with Crippen LogP contribution < -0.4 is 10.2 Å². The van der Waals surface area contributed by atoms with Gasteiger partial charge in [0.05, 0.1) is 23.3 Å². The molecule has 1 aromatic heterocycles. The molecule has 3 aromatic carbocycles. The molecule has 2 atom stereocenters. The van der Waals surface area contributed by atoms with Crippen LogP contribution >= 0.6 is 11.6 Å². The highest BCUT2D eigenvalue weighted by atomic mass is 35.5. The lowest BCUT2D eigenvalue weighted by Crippen LogP contribution is -2.43. The number of benzene rings is 3. The van der Waals surface area contributed by atoms with Crippen LogP contribution in [0.3, 0.4) is 0 Å². The van der Waals surface area contributed by atoms with Crippen LogP contribution in [0.5, 0.6) is 0 Å². The van der Waals surface area contributed by atoms with E-state index in [9.17, 15) is 19.5 Å². The Bertz CT molecular complexity index is 1640. The lowest BCUT2D eigenvalue weighted by molar-refractivity contribution is -0.133. The number of fused-ring (bicyclic) bond motifs is 3. The van der Waals surface area contributed by atoms with Crippen molar-refractivity contribution in [3.8, 4) is 0 Å². The first-order valence-electron chi connectivity index (χ1n) is 12.8. The SMILES string of the molecule is CN(C(=O)O)c1ccc2[nH]c([C@@H](Cc3ccccc3)C(=O)N3CC[C@]4(C3)OC(=O)Nc3ccc(Cl)cc34)nc2c1. The zero-order valence-corrected chi connectivity index (χ0v) is 22.3. The minimum absolute atomic E-state index is 0.152. The highest BCUT2D eigenvalue weighted by Crippen LogP contribution is 2.44. The fraction of sp³-hybridized carbons (Fsp3) is 0.241. The first-order valence-corrected chi connectivity index (χ1v) is 13.2. The number of ether oxygens (including phenoxy) is 1. The summed E-state index contributed by atoms with van der Waals surface area (Å²) in [6.45, 7) is 0.572. The molecular formula is C29H26ClN5O5. The highest BCUT2D eigenvalue weighted by molar-refractivity contribution is 6.30. The maximum atomic E-state index is 14.2. The number of rotatable bonds is 5. The average Bonchev–Trinajstić information content (AvgIpc) is 3.56. The standard InChI is InChI=1S/C29H26ClN5O5/c1-34(28(38)39)19-8-10-23-24(15-19)32-25(31-23)20(13-17-5-3-2-4-6-17)26(36)35-12-11-29(16-35)21-14-18(30)7-9-22(21)33-27(37)40-29/h2-10,14-15,20H,11-13,16H2,1H3,(H,31,32)(H,33,37)(H,38,39)/t20-,29-/m1/s1. The van der Waals surface area contributed by atoms with Crippen molar-refractivity contribution in [3.63, 3.8) is 0 Å². The second-order valence-corrected chi connectivity index (χ2v) is 10.6. The molecule has 10 nitrogen and oxygen atoms in total. The highest BCUT2D eigenvalue weighted by Gasteiger charge is 2.49. The van der Waals surface area contributed by atoms with Crippen LogP contribution in [0.2, 0.25) is 5.02 Å². The third-order valence-electron chi connectivity index (χ3n) is 7.61. The van der Waals surface area contributed by atoms with Crippen molar-refractivity contribution in [1.29, 1.82) is 0 Å².